The van der Waals surface area contributed by atoms with Gasteiger partial charge in [-0.25, -0.2) is 0 Å². The minimum absolute atomic E-state index is 0.628. The molecule has 2 atom stereocenters. The molecule has 0 aliphatic heterocycles. The van der Waals surface area contributed by atoms with Crippen molar-refractivity contribution in [1.29, 1.82) is 0 Å². The van der Waals surface area contributed by atoms with Gasteiger partial charge in [0.25, 0.3) is 0 Å². The fourth-order valence-electron chi connectivity index (χ4n) is 1.74. The van der Waals surface area contributed by atoms with Crippen LogP contribution in [0.1, 0.15) is 24.5 Å². The van der Waals surface area contributed by atoms with Crippen molar-refractivity contribution in [3.8, 4) is 0 Å². The van der Waals surface area contributed by atoms with Gasteiger partial charge in [-0.1, -0.05) is 6.07 Å². The van der Waals surface area contributed by atoms with Crippen molar-refractivity contribution >= 4 is 11.6 Å². The zero-order chi connectivity index (χ0) is 8.39. The molecule has 1 aliphatic carbocycles. The molecule has 2 rings (SSSR count). The molecule has 0 radical (unpaired) electrons. The second-order valence-corrected chi connectivity index (χ2v) is 3.66. The Hall–Kier alpha value is -0.560. The van der Waals surface area contributed by atoms with Gasteiger partial charge in [-0.05, 0) is 30.9 Å². The standard InChI is InChI=1S/C10H12ClN/c11-7-8-4-5-9(8)10-3-1-2-6-12-10/h1-3,6,8-9H,4-5,7H2. The lowest BCUT2D eigenvalue weighted by atomic mass is 9.73. The predicted octanol–water partition coefficient (Wildman–Crippen LogP) is 2.81. The molecule has 0 saturated heterocycles. The molecular weight excluding hydrogens is 170 g/mol. The van der Waals surface area contributed by atoms with E-state index in [4.69, 9.17) is 11.6 Å². The third kappa shape index (κ3) is 1.34. The summed E-state index contributed by atoms with van der Waals surface area (Å²) >= 11 is 5.82. The van der Waals surface area contributed by atoms with Gasteiger partial charge in [0.2, 0.25) is 0 Å². The number of alkyl halides is 1. The van der Waals surface area contributed by atoms with Crippen molar-refractivity contribution in [3.05, 3.63) is 30.1 Å². The second-order valence-electron chi connectivity index (χ2n) is 3.35. The van der Waals surface area contributed by atoms with Gasteiger partial charge in [-0.2, -0.15) is 0 Å². The Labute approximate surface area is 77.8 Å². The van der Waals surface area contributed by atoms with E-state index in [0.717, 1.165) is 5.88 Å². The minimum atomic E-state index is 0.628. The number of hydrogen-bond donors (Lipinski definition) is 0. The van der Waals surface area contributed by atoms with Crippen LogP contribution in [-0.4, -0.2) is 10.9 Å². The van der Waals surface area contributed by atoms with Crippen molar-refractivity contribution in [2.24, 2.45) is 5.92 Å². The van der Waals surface area contributed by atoms with E-state index in [0.29, 0.717) is 11.8 Å². The lowest BCUT2D eigenvalue weighted by molar-refractivity contribution is 0.279. The van der Waals surface area contributed by atoms with E-state index < -0.39 is 0 Å². The van der Waals surface area contributed by atoms with Crippen LogP contribution in [0.3, 0.4) is 0 Å². The maximum absolute atomic E-state index is 5.82. The molecule has 12 heavy (non-hydrogen) atoms. The Kier molecular flexibility index (Phi) is 2.31. The molecule has 1 fully saturated rings. The lowest BCUT2D eigenvalue weighted by Crippen LogP contribution is -2.25. The van der Waals surface area contributed by atoms with Crippen LogP contribution < -0.4 is 0 Å². The third-order valence-electron chi connectivity index (χ3n) is 2.68. The first-order valence-corrected chi connectivity index (χ1v) is 4.92. The largest absolute Gasteiger partial charge is 0.261 e. The Morgan fingerprint density at radius 2 is 2.33 bits per heavy atom. The van der Waals surface area contributed by atoms with Crippen LogP contribution in [0.15, 0.2) is 24.4 Å². The summed E-state index contributed by atoms with van der Waals surface area (Å²) in [5.41, 5.74) is 1.22. The Balaban J connectivity index is 2.11. The first kappa shape index (κ1) is 8.06. The number of hydrogen-bond acceptors (Lipinski definition) is 1. The fourth-order valence-corrected chi connectivity index (χ4v) is 2.11. The molecule has 0 amide bonds. The summed E-state index contributed by atoms with van der Waals surface area (Å²) in [6, 6.07) is 6.10. The van der Waals surface area contributed by atoms with E-state index in [1.165, 1.54) is 18.5 Å². The molecular formula is C10H12ClN. The van der Waals surface area contributed by atoms with E-state index >= 15 is 0 Å². The van der Waals surface area contributed by atoms with Crippen molar-refractivity contribution in [2.45, 2.75) is 18.8 Å². The zero-order valence-electron chi connectivity index (χ0n) is 6.91. The van der Waals surface area contributed by atoms with Gasteiger partial charge in [-0.15, -0.1) is 11.6 Å². The summed E-state index contributed by atoms with van der Waals surface area (Å²) in [6.45, 7) is 0. The molecule has 1 aromatic heterocycles. The van der Waals surface area contributed by atoms with E-state index in [1.807, 2.05) is 18.3 Å². The second kappa shape index (κ2) is 3.44. The molecule has 2 unspecified atom stereocenters. The molecule has 0 aromatic carbocycles. The van der Waals surface area contributed by atoms with Crippen molar-refractivity contribution in [3.63, 3.8) is 0 Å². The smallest absolute Gasteiger partial charge is 0.0437 e. The van der Waals surface area contributed by atoms with Crippen molar-refractivity contribution < 1.29 is 0 Å². The van der Waals surface area contributed by atoms with Gasteiger partial charge >= 0.3 is 0 Å². The predicted molar refractivity (Wildman–Crippen MR) is 50.4 cm³/mol. The van der Waals surface area contributed by atoms with E-state index in [2.05, 4.69) is 11.1 Å². The van der Waals surface area contributed by atoms with Gasteiger partial charge in [-0.3, -0.25) is 4.98 Å². The summed E-state index contributed by atoms with van der Waals surface area (Å²) in [5.74, 6) is 2.08. The maximum Gasteiger partial charge on any atom is 0.0437 e. The molecule has 0 bridgehead atoms. The highest BCUT2D eigenvalue weighted by Gasteiger charge is 2.31. The van der Waals surface area contributed by atoms with E-state index in [-0.39, 0.29) is 0 Å². The first-order chi connectivity index (χ1) is 5.92. The Morgan fingerprint density at radius 1 is 1.42 bits per heavy atom. The highest BCUT2D eigenvalue weighted by atomic mass is 35.5. The van der Waals surface area contributed by atoms with E-state index in [1.54, 1.807) is 0 Å². The van der Waals surface area contributed by atoms with E-state index in [9.17, 15) is 0 Å². The SMILES string of the molecule is ClCC1CCC1c1ccccn1. The average molecular weight is 182 g/mol. The number of nitrogens with zero attached hydrogens (tertiary/aromatic N) is 1. The first-order valence-electron chi connectivity index (χ1n) is 4.38. The summed E-state index contributed by atoms with van der Waals surface area (Å²) in [6.07, 6.45) is 4.39. The molecule has 64 valence electrons. The van der Waals surface area contributed by atoms with Crippen LogP contribution in [0.2, 0.25) is 0 Å². The molecule has 1 heterocycles. The van der Waals surface area contributed by atoms with Crippen LogP contribution in [-0.2, 0) is 0 Å². The summed E-state index contributed by atoms with van der Waals surface area (Å²) in [7, 11) is 0. The molecule has 2 heteroatoms. The molecule has 0 spiro atoms. The van der Waals surface area contributed by atoms with Crippen molar-refractivity contribution in [1.82, 2.24) is 4.98 Å². The van der Waals surface area contributed by atoms with Crippen LogP contribution in [0, 0.1) is 5.92 Å². The number of halogens is 1. The van der Waals surface area contributed by atoms with Crippen LogP contribution in [0.4, 0.5) is 0 Å². The summed E-state index contributed by atoms with van der Waals surface area (Å²) < 4.78 is 0. The Morgan fingerprint density at radius 3 is 2.83 bits per heavy atom. The molecule has 1 aliphatic rings. The van der Waals surface area contributed by atoms with Crippen molar-refractivity contribution in [2.75, 3.05) is 5.88 Å². The number of aromatic nitrogens is 1. The summed E-state index contributed by atoms with van der Waals surface area (Å²) in [5, 5.41) is 0. The highest BCUT2D eigenvalue weighted by molar-refractivity contribution is 6.18. The molecule has 1 nitrogen and oxygen atoms in total. The van der Waals surface area contributed by atoms with Gasteiger partial charge < -0.3 is 0 Å². The topological polar surface area (TPSA) is 12.9 Å². The lowest BCUT2D eigenvalue weighted by Gasteiger charge is -2.34. The van der Waals surface area contributed by atoms with Crippen LogP contribution in [0.5, 0.6) is 0 Å². The normalized spacial score (nSPS) is 28.1. The monoisotopic (exact) mass is 181 g/mol. The zero-order valence-corrected chi connectivity index (χ0v) is 7.67. The quantitative estimate of drug-likeness (QED) is 0.640. The van der Waals surface area contributed by atoms with Gasteiger partial charge in [0.05, 0.1) is 0 Å². The number of rotatable bonds is 2. The Bertz CT molecular complexity index is 245. The molecule has 1 aromatic rings. The average Bonchev–Trinajstić information content (AvgIpc) is 2.05. The van der Waals surface area contributed by atoms with Gasteiger partial charge in [0.1, 0.15) is 0 Å². The maximum atomic E-state index is 5.82. The molecule has 0 N–H and O–H groups in total. The minimum Gasteiger partial charge on any atom is -0.261 e. The molecule has 1 saturated carbocycles. The van der Waals surface area contributed by atoms with Gasteiger partial charge in [0.15, 0.2) is 0 Å². The van der Waals surface area contributed by atoms with Crippen LogP contribution in [0.25, 0.3) is 0 Å². The third-order valence-corrected chi connectivity index (χ3v) is 3.08. The highest BCUT2D eigenvalue weighted by Crippen LogP contribution is 2.41. The number of pyridine rings is 1. The van der Waals surface area contributed by atoms with Crippen LogP contribution >= 0.6 is 11.6 Å². The van der Waals surface area contributed by atoms with Gasteiger partial charge in [0, 0.05) is 23.7 Å². The summed E-state index contributed by atoms with van der Waals surface area (Å²) in [4.78, 5) is 4.34. The fraction of sp³-hybridized carbons (Fsp3) is 0.500.